The van der Waals surface area contributed by atoms with Crippen molar-refractivity contribution < 1.29 is 5.11 Å². The number of hydrogen-bond acceptors (Lipinski definition) is 3. The van der Waals surface area contributed by atoms with Crippen LogP contribution in [0.3, 0.4) is 0 Å². The van der Waals surface area contributed by atoms with Crippen molar-refractivity contribution in [3.05, 3.63) is 59.7 Å². The van der Waals surface area contributed by atoms with Crippen LogP contribution < -0.4 is 5.32 Å². The van der Waals surface area contributed by atoms with Gasteiger partial charge in [0, 0.05) is 16.2 Å². The third-order valence-corrected chi connectivity index (χ3v) is 6.46. The van der Waals surface area contributed by atoms with E-state index in [0.29, 0.717) is 5.75 Å². The van der Waals surface area contributed by atoms with E-state index in [-0.39, 0.29) is 11.6 Å². The van der Waals surface area contributed by atoms with E-state index < -0.39 is 0 Å². The van der Waals surface area contributed by atoms with Crippen molar-refractivity contribution in [2.45, 2.75) is 56.0 Å². The lowest BCUT2D eigenvalue weighted by Crippen LogP contribution is -2.48. The molecule has 2 N–H and O–H groups in total. The number of rotatable bonds is 5. The van der Waals surface area contributed by atoms with Gasteiger partial charge in [-0.25, -0.2) is 0 Å². The first-order valence-corrected chi connectivity index (χ1v) is 9.94. The van der Waals surface area contributed by atoms with Crippen molar-refractivity contribution in [3.63, 3.8) is 0 Å². The summed E-state index contributed by atoms with van der Waals surface area (Å²) >= 11 is 1.93. The van der Waals surface area contributed by atoms with E-state index in [1.165, 1.54) is 35.3 Å². The van der Waals surface area contributed by atoms with Crippen LogP contribution in [0.15, 0.2) is 53.4 Å². The SMILES string of the molecule is CCCCC1(CC)CSc2ccc(O)cc2C(c2ccccc2)N1. The quantitative estimate of drug-likeness (QED) is 0.751. The summed E-state index contributed by atoms with van der Waals surface area (Å²) in [6.07, 6.45) is 4.77. The molecule has 0 saturated heterocycles. The summed E-state index contributed by atoms with van der Waals surface area (Å²) in [7, 11) is 0. The Morgan fingerprint density at radius 1 is 1.17 bits per heavy atom. The van der Waals surface area contributed by atoms with Crippen LogP contribution in [0.25, 0.3) is 0 Å². The highest BCUT2D eigenvalue weighted by Gasteiger charge is 2.35. The summed E-state index contributed by atoms with van der Waals surface area (Å²) in [6, 6.07) is 16.5. The highest BCUT2D eigenvalue weighted by molar-refractivity contribution is 7.99. The van der Waals surface area contributed by atoms with Gasteiger partial charge < -0.3 is 5.11 Å². The normalized spacial score (nSPS) is 23.5. The number of unbranched alkanes of at least 4 members (excludes halogenated alkanes) is 1. The molecular weight excluding hydrogens is 314 g/mol. The first-order valence-electron chi connectivity index (χ1n) is 8.96. The molecule has 2 aromatic carbocycles. The number of aromatic hydroxyl groups is 1. The van der Waals surface area contributed by atoms with Gasteiger partial charge >= 0.3 is 0 Å². The Hall–Kier alpha value is -1.45. The topological polar surface area (TPSA) is 32.3 Å². The van der Waals surface area contributed by atoms with Gasteiger partial charge in [0.1, 0.15) is 5.75 Å². The summed E-state index contributed by atoms with van der Waals surface area (Å²) in [5.41, 5.74) is 2.59. The summed E-state index contributed by atoms with van der Waals surface area (Å²) in [5, 5.41) is 14.0. The summed E-state index contributed by atoms with van der Waals surface area (Å²) in [6.45, 7) is 4.55. The standard InChI is InChI=1S/C21H27NOS/c1-3-5-13-21(4-2)15-24-19-12-11-17(23)14-18(19)20(22-21)16-9-7-6-8-10-16/h6-12,14,20,22-23H,3-5,13,15H2,1-2H3. The molecule has 2 unspecified atom stereocenters. The van der Waals surface area contributed by atoms with Gasteiger partial charge in [-0.2, -0.15) is 0 Å². The molecule has 1 aliphatic heterocycles. The lowest BCUT2D eigenvalue weighted by atomic mass is 9.88. The van der Waals surface area contributed by atoms with Crippen LogP contribution in [-0.2, 0) is 0 Å². The van der Waals surface area contributed by atoms with Gasteiger partial charge in [-0.05, 0) is 42.2 Å². The largest absolute Gasteiger partial charge is 0.508 e. The zero-order chi connectivity index (χ0) is 17.0. The zero-order valence-corrected chi connectivity index (χ0v) is 15.4. The van der Waals surface area contributed by atoms with Crippen LogP contribution in [0.4, 0.5) is 0 Å². The average molecular weight is 342 g/mol. The molecule has 0 spiro atoms. The predicted octanol–water partition coefficient (Wildman–Crippen LogP) is 5.52. The minimum Gasteiger partial charge on any atom is -0.508 e. The third-order valence-electron chi connectivity index (χ3n) is 5.08. The van der Waals surface area contributed by atoms with E-state index in [0.717, 1.165) is 12.2 Å². The van der Waals surface area contributed by atoms with Crippen molar-refractivity contribution in [3.8, 4) is 5.75 Å². The first-order chi connectivity index (χ1) is 11.7. The molecule has 0 fully saturated rings. The van der Waals surface area contributed by atoms with Gasteiger partial charge in [-0.1, -0.05) is 57.0 Å². The second-order valence-electron chi connectivity index (χ2n) is 6.74. The van der Waals surface area contributed by atoms with E-state index >= 15 is 0 Å². The van der Waals surface area contributed by atoms with Crippen molar-refractivity contribution in [2.24, 2.45) is 0 Å². The Morgan fingerprint density at radius 3 is 2.67 bits per heavy atom. The monoisotopic (exact) mass is 341 g/mol. The molecule has 2 nitrogen and oxygen atoms in total. The molecule has 0 aromatic heterocycles. The fraction of sp³-hybridized carbons (Fsp3) is 0.429. The predicted molar refractivity (Wildman–Crippen MR) is 103 cm³/mol. The van der Waals surface area contributed by atoms with Crippen LogP contribution in [0.1, 0.15) is 56.7 Å². The van der Waals surface area contributed by atoms with E-state index in [9.17, 15) is 5.11 Å². The number of benzene rings is 2. The molecule has 3 heteroatoms. The lowest BCUT2D eigenvalue weighted by Gasteiger charge is -2.36. The maximum Gasteiger partial charge on any atom is 0.116 e. The molecule has 3 rings (SSSR count). The highest BCUT2D eigenvalue weighted by atomic mass is 32.2. The van der Waals surface area contributed by atoms with E-state index in [2.05, 4.69) is 55.6 Å². The van der Waals surface area contributed by atoms with Gasteiger partial charge in [0.2, 0.25) is 0 Å². The Labute approximate surface area is 149 Å². The van der Waals surface area contributed by atoms with Crippen molar-refractivity contribution in [2.75, 3.05) is 5.75 Å². The Bertz CT molecular complexity index is 673. The van der Waals surface area contributed by atoms with Crippen molar-refractivity contribution in [1.82, 2.24) is 5.32 Å². The number of fused-ring (bicyclic) bond motifs is 1. The highest BCUT2D eigenvalue weighted by Crippen LogP contribution is 2.41. The fourth-order valence-electron chi connectivity index (χ4n) is 3.48. The zero-order valence-electron chi connectivity index (χ0n) is 14.6. The minimum absolute atomic E-state index is 0.125. The van der Waals surface area contributed by atoms with E-state index in [1.54, 1.807) is 6.07 Å². The summed E-state index contributed by atoms with van der Waals surface area (Å²) < 4.78 is 0. The summed E-state index contributed by atoms with van der Waals surface area (Å²) in [5.74, 6) is 1.42. The smallest absolute Gasteiger partial charge is 0.116 e. The van der Waals surface area contributed by atoms with Gasteiger partial charge in [-0.3, -0.25) is 5.32 Å². The average Bonchev–Trinajstić information content (AvgIpc) is 2.78. The van der Waals surface area contributed by atoms with Gasteiger partial charge in [0.05, 0.1) is 6.04 Å². The van der Waals surface area contributed by atoms with E-state index in [4.69, 9.17) is 0 Å². The molecule has 0 aliphatic carbocycles. The van der Waals surface area contributed by atoms with Crippen molar-refractivity contribution in [1.29, 1.82) is 0 Å². The molecule has 2 atom stereocenters. The van der Waals surface area contributed by atoms with Crippen LogP contribution in [0.5, 0.6) is 5.75 Å². The Morgan fingerprint density at radius 2 is 1.96 bits per heavy atom. The molecule has 0 amide bonds. The van der Waals surface area contributed by atoms with Gasteiger partial charge in [-0.15, -0.1) is 11.8 Å². The maximum absolute atomic E-state index is 10.0. The molecule has 0 bridgehead atoms. The maximum atomic E-state index is 10.0. The molecule has 0 saturated carbocycles. The number of thioether (sulfide) groups is 1. The molecule has 0 radical (unpaired) electrons. The second kappa shape index (κ2) is 7.62. The molecule has 1 aliphatic rings. The first kappa shape index (κ1) is 17.4. The number of hydrogen-bond donors (Lipinski definition) is 2. The fourth-order valence-corrected chi connectivity index (χ4v) is 4.85. The third kappa shape index (κ3) is 3.62. The Kier molecular flexibility index (Phi) is 5.52. The molecule has 24 heavy (non-hydrogen) atoms. The number of phenols is 1. The molecule has 128 valence electrons. The summed E-state index contributed by atoms with van der Waals surface area (Å²) in [4.78, 5) is 1.28. The Balaban J connectivity index is 2.04. The molecule has 2 aromatic rings. The van der Waals surface area contributed by atoms with Gasteiger partial charge in [0.15, 0.2) is 0 Å². The van der Waals surface area contributed by atoms with Gasteiger partial charge in [0.25, 0.3) is 0 Å². The number of nitrogens with one attached hydrogen (secondary N) is 1. The number of phenolic OH excluding ortho intramolecular Hbond substituents is 1. The lowest BCUT2D eigenvalue weighted by molar-refractivity contribution is 0.297. The van der Waals surface area contributed by atoms with E-state index in [1.807, 2.05) is 17.8 Å². The van der Waals surface area contributed by atoms with Crippen LogP contribution in [-0.4, -0.2) is 16.4 Å². The van der Waals surface area contributed by atoms with Crippen LogP contribution in [0.2, 0.25) is 0 Å². The van der Waals surface area contributed by atoms with Crippen molar-refractivity contribution >= 4 is 11.8 Å². The van der Waals surface area contributed by atoms with Crippen LogP contribution >= 0.6 is 11.8 Å². The minimum atomic E-state index is 0.125. The second-order valence-corrected chi connectivity index (χ2v) is 7.75. The molecule has 1 heterocycles. The van der Waals surface area contributed by atoms with Crippen LogP contribution in [0, 0.1) is 0 Å². The molecular formula is C21H27NOS.